The number of hydrogen-bond donors (Lipinski definition) is 2. The van der Waals surface area contributed by atoms with Crippen LogP contribution in [0.25, 0.3) is 0 Å². The monoisotopic (exact) mass is 240 g/mol. The van der Waals surface area contributed by atoms with Crippen molar-refractivity contribution in [2.24, 2.45) is 7.05 Å². The average molecular weight is 240 g/mol. The van der Waals surface area contributed by atoms with Gasteiger partial charge in [-0.3, -0.25) is 4.68 Å². The zero-order valence-corrected chi connectivity index (χ0v) is 10.8. The van der Waals surface area contributed by atoms with Crippen LogP contribution in [0.5, 0.6) is 0 Å². The Hall–Kier alpha value is -0.680. The van der Waals surface area contributed by atoms with Gasteiger partial charge in [-0.05, 0) is 13.3 Å². The van der Waals surface area contributed by atoms with Gasteiger partial charge in [-0.25, -0.2) is 0 Å². The van der Waals surface area contributed by atoms with Crippen LogP contribution in [0.4, 0.5) is 5.82 Å². The van der Waals surface area contributed by atoms with E-state index in [1.807, 2.05) is 30.4 Å². The van der Waals surface area contributed by atoms with Crippen molar-refractivity contribution in [3.63, 3.8) is 0 Å². The maximum absolute atomic E-state index is 4.31. The van der Waals surface area contributed by atoms with Crippen molar-refractivity contribution in [2.75, 3.05) is 29.9 Å². The maximum atomic E-state index is 4.31. The molecule has 1 unspecified atom stereocenters. The average Bonchev–Trinajstić information content (AvgIpc) is 2.59. The predicted molar refractivity (Wildman–Crippen MR) is 70.2 cm³/mol. The molecular weight excluding hydrogens is 220 g/mol. The van der Waals surface area contributed by atoms with Crippen LogP contribution < -0.4 is 10.6 Å². The minimum Gasteiger partial charge on any atom is -0.370 e. The highest BCUT2D eigenvalue weighted by Gasteiger charge is 2.12. The van der Waals surface area contributed by atoms with Crippen molar-refractivity contribution in [3.8, 4) is 0 Å². The highest BCUT2D eigenvalue weighted by Crippen LogP contribution is 2.11. The summed E-state index contributed by atoms with van der Waals surface area (Å²) in [5.74, 6) is 3.61. The fourth-order valence-electron chi connectivity index (χ4n) is 1.96. The maximum Gasteiger partial charge on any atom is 0.124 e. The van der Waals surface area contributed by atoms with Crippen LogP contribution in [-0.2, 0) is 7.05 Å². The Morgan fingerprint density at radius 2 is 2.56 bits per heavy atom. The number of hydrogen-bond acceptors (Lipinski definition) is 4. The first-order chi connectivity index (χ1) is 7.75. The molecule has 0 amide bonds. The van der Waals surface area contributed by atoms with E-state index in [2.05, 4.69) is 21.8 Å². The largest absolute Gasteiger partial charge is 0.370 e. The van der Waals surface area contributed by atoms with E-state index in [1.54, 1.807) is 0 Å². The van der Waals surface area contributed by atoms with E-state index in [1.165, 1.54) is 17.9 Å². The quantitative estimate of drug-likeness (QED) is 0.831. The topological polar surface area (TPSA) is 41.9 Å². The van der Waals surface area contributed by atoms with Crippen LogP contribution in [0.1, 0.15) is 12.1 Å². The number of rotatable bonds is 4. The highest BCUT2D eigenvalue weighted by atomic mass is 32.2. The molecule has 2 N–H and O–H groups in total. The lowest BCUT2D eigenvalue weighted by Crippen LogP contribution is -2.38. The first-order valence-electron chi connectivity index (χ1n) is 5.81. The fourth-order valence-corrected chi connectivity index (χ4v) is 2.95. The Morgan fingerprint density at radius 3 is 3.19 bits per heavy atom. The number of nitrogens with zero attached hydrogens (tertiary/aromatic N) is 2. The fraction of sp³-hybridized carbons (Fsp3) is 0.727. The molecule has 1 aromatic rings. The Bertz CT molecular complexity index is 331. The third-order valence-electron chi connectivity index (χ3n) is 2.80. The predicted octanol–water partition coefficient (Wildman–Crippen LogP) is 1.24. The third kappa shape index (κ3) is 3.15. The lowest BCUT2D eigenvalue weighted by molar-refractivity contribution is 0.540. The minimum absolute atomic E-state index is 0.667. The van der Waals surface area contributed by atoms with Gasteiger partial charge in [0.2, 0.25) is 0 Å². The van der Waals surface area contributed by atoms with E-state index in [0.717, 1.165) is 24.6 Å². The molecule has 1 saturated heterocycles. The summed E-state index contributed by atoms with van der Waals surface area (Å²) in [6, 6.07) is 2.75. The zero-order valence-electron chi connectivity index (χ0n) is 9.99. The molecule has 0 saturated carbocycles. The van der Waals surface area contributed by atoms with Gasteiger partial charge in [-0.15, -0.1) is 0 Å². The molecule has 0 aliphatic carbocycles. The Labute approximate surface area is 101 Å². The molecular formula is C11H20N4S. The van der Waals surface area contributed by atoms with Crippen LogP contribution in [0.15, 0.2) is 6.07 Å². The SMILES string of the molecule is Cc1cc(NCCC2CSCCN2)n(C)n1. The number of nitrogens with one attached hydrogen (secondary N) is 2. The summed E-state index contributed by atoms with van der Waals surface area (Å²) >= 11 is 2.05. The van der Waals surface area contributed by atoms with Crippen LogP contribution in [0.2, 0.25) is 0 Å². The van der Waals surface area contributed by atoms with E-state index in [-0.39, 0.29) is 0 Å². The van der Waals surface area contributed by atoms with Crippen molar-refractivity contribution in [1.82, 2.24) is 15.1 Å². The summed E-state index contributed by atoms with van der Waals surface area (Å²) in [5, 5.41) is 11.3. The van der Waals surface area contributed by atoms with Crippen LogP contribution >= 0.6 is 11.8 Å². The van der Waals surface area contributed by atoms with Crippen molar-refractivity contribution < 1.29 is 0 Å². The second kappa shape index (κ2) is 5.59. The Morgan fingerprint density at radius 1 is 1.69 bits per heavy atom. The van der Waals surface area contributed by atoms with Crippen molar-refractivity contribution in [1.29, 1.82) is 0 Å². The Kier molecular flexibility index (Phi) is 4.12. The molecule has 1 aliphatic rings. The van der Waals surface area contributed by atoms with Gasteiger partial charge in [-0.1, -0.05) is 0 Å². The number of aromatic nitrogens is 2. The highest BCUT2D eigenvalue weighted by molar-refractivity contribution is 7.99. The molecule has 90 valence electrons. The first-order valence-corrected chi connectivity index (χ1v) is 6.97. The molecule has 0 bridgehead atoms. The molecule has 0 radical (unpaired) electrons. The van der Waals surface area contributed by atoms with Gasteiger partial charge in [0.05, 0.1) is 5.69 Å². The lowest BCUT2D eigenvalue weighted by Gasteiger charge is -2.23. The van der Waals surface area contributed by atoms with Gasteiger partial charge >= 0.3 is 0 Å². The molecule has 1 fully saturated rings. The lowest BCUT2D eigenvalue weighted by atomic mass is 10.2. The van der Waals surface area contributed by atoms with E-state index in [0.29, 0.717) is 6.04 Å². The summed E-state index contributed by atoms with van der Waals surface area (Å²) in [5.41, 5.74) is 1.07. The Balaban J connectivity index is 1.73. The molecule has 1 atom stereocenters. The smallest absolute Gasteiger partial charge is 0.124 e. The first kappa shape index (κ1) is 11.8. The minimum atomic E-state index is 0.667. The molecule has 4 nitrogen and oxygen atoms in total. The third-order valence-corrected chi connectivity index (χ3v) is 3.93. The molecule has 1 aromatic heterocycles. The molecule has 16 heavy (non-hydrogen) atoms. The van der Waals surface area contributed by atoms with Gasteiger partial charge in [0.15, 0.2) is 0 Å². The van der Waals surface area contributed by atoms with Crippen LogP contribution in [0, 0.1) is 6.92 Å². The summed E-state index contributed by atoms with van der Waals surface area (Å²) in [6.45, 7) is 4.18. The van der Waals surface area contributed by atoms with Crippen molar-refractivity contribution in [2.45, 2.75) is 19.4 Å². The summed E-state index contributed by atoms with van der Waals surface area (Å²) in [4.78, 5) is 0. The molecule has 1 aliphatic heterocycles. The van der Waals surface area contributed by atoms with E-state index >= 15 is 0 Å². The van der Waals surface area contributed by atoms with E-state index in [9.17, 15) is 0 Å². The normalized spacial score (nSPS) is 21.0. The number of aryl methyl sites for hydroxylation is 2. The number of anilines is 1. The van der Waals surface area contributed by atoms with Gasteiger partial charge in [-0.2, -0.15) is 16.9 Å². The van der Waals surface area contributed by atoms with Gasteiger partial charge in [0.25, 0.3) is 0 Å². The van der Waals surface area contributed by atoms with Crippen LogP contribution in [-0.4, -0.2) is 40.4 Å². The molecule has 2 rings (SSSR count). The molecule has 0 aromatic carbocycles. The zero-order chi connectivity index (χ0) is 11.4. The second-order valence-corrected chi connectivity index (χ2v) is 5.39. The summed E-state index contributed by atoms with van der Waals surface area (Å²) in [7, 11) is 1.98. The van der Waals surface area contributed by atoms with Crippen molar-refractivity contribution in [3.05, 3.63) is 11.8 Å². The summed E-state index contributed by atoms with van der Waals surface area (Å²) < 4.78 is 1.90. The van der Waals surface area contributed by atoms with Gasteiger partial charge in [0, 0.05) is 43.8 Å². The molecule has 0 spiro atoms. The van der Waals surface area contributed by atoms with Crippen LogP contribution in [0.3, 0.4) is 0 Å². The standard InChI is InChI=1S/C11H20N4S/c1-9-7-11(15(2)14-9)13-4-3-10-8-16-6-5-12-10/h7,10,12-13H,3-6,8H2,1-2H3. The van der Waals surface area contributed by atoms with E-state index in [4.69, 9.17) is 0 Å². The number of thioether (sulfide) groups is 1. The van der Waals surface area contributed by atoms with E-state index < -0.39 is 0 Å². The second-order valence-electron chi connectivity index (χ2n) is 4.24. The van der Waals surface area contributed by atoms with Gasteiger partial charge < -0.3 is 10.6 Å². The van der Waals surface area contributed by atoms with Gasteiger partial charge in [0.1, 0.15) is 5.82 Å². The molecule has 2 heterocycles. The molecule has 5 heteroatoms. The summed E-state index contributed by atoms with van der Waals surface area (Å²) in [6.07, 6.45) is 1.18. The van der Waals surface area contributed by atoms with Crippen molar-refractivity contribution >= 4 is 17.6 Å².